The molecule has 4 nitrogen and oxygen atoms in total. The van der Waals surface area contributed by atoms with Gasteiger partial charge in [-0.3, -0.25) is 4.57 Å². The van der Waals surface area contributed by atoms with E-state index in [1.54, 1.807) is 22.5 Å². The summed E-state index contributed by atoms with van der Waals surface area (Å²) in [6.07, 6.45) is 3.22. The molecule has 58 valence electrons. The van der Waals surface area contributed by atoms with E-state index >= 15 is 0 Å². The summed E-state index contributed by atoms with van der Waals surface area (Å²) >= 11 is 0. The van der Waals surface area contributed by atoms with E-state index in [4.69, 9.17) is 5.11 Å². The molecule has 2 rings (SSSR count). The first-order valence-corrected chi connectivity index (χ1v) is 4.29. The fourth-order valence-electron chi connectivity index (χ4n) is 1.01. The minimum atomic E-state index is -1.12. The molecule has 2 heterocycles. The van der Waals surface area contributed by atoms with E-state index in [1.165, 1.54) is 0 Å². The first kappa shape index (κ1) is 6.75. The summed E-state index contributed by atoms with van der Waals surface area (Å²) in [6, 6.07) is 0. The number of hydrogen-bond donors (Lipinski definition) is 1. The van der Waals surface area contributed by atoms with Crippen LogP contribution in [0.25, 0.3) is 6.20 Å². The summed E-state index contributed by atoms with van der Waals surface area (Å²) in [5, 5.41) is 10.9. The molecule has 0 saturated heterocycles. The van der Waals surface area contributed by atoms with Gasteiger partial charge in [0.25, 0.3) is 0 Å². The second-order valence-corrected chi connectivity index (χ2v) is 3.40. The zero-order valence-corrected chi connectivity index (χ0v) is 6.41. The third-order valence-corrected chi connectivity index (χ3v) is 2.70. The zero-order valence-electron chi connectivity index (χ0n) is 5.60. The van der Waals surface area contributed by atoms with Crippen molar-refractivity contribution in [3.8, 4) is 0 Å². The lowest BCUT2D eigenvalue weighted by molar-refractivity contribution is 0.274. The van der Waals surface area contributed by atoms with Gasteiger partial charge in [0.15, 0.2) is 0 Å². The molecule has 1 aliphatic heterocycles. The minimum absolute atomic E-state index is 0.157. The van der Waals surface area contributed by atoms with E-state index in [-0.39, 0.29) is 6.61 Å². The molecule has 1 unspecified atom stereocenters. The Morgan fingerprint density at radius 2 is 2.55 bits per heavy atom. The minimum Gasteiger partial charge on any atom is -0.390 e. The van der Waals surface area contributed by atoms with Crippen molar-refractivity contribution < 1.29 is 9.32 Å². The van der Waals surface area contributed by atoms with Crippen LogP contribution in [0.3, 0.4) is 0 Å². The summed E-state index contributed by atoms with van der Waals surface area (Å²) in [6.45, 7) is -0.157. The number of rotatable bonds is 1. The predicted octanol–water partition coefficient (Wildman–Crippen LogP) is -0.0752. The van der Waals surface area contributed by atoms with Gasteiger partial charge in [0, 0.05) is 11.6 Å². The number of aromatic nitrogens is 2. The molecule has 0 aromatic carbocycles. The van der Waals surface area contributed by atoms with E-state index in [9.17, 15) is 4.21 Å². The Morgan fingerprint density at radius 1 is 1.73 bits per heavy atom. The number of aliphatic hydroxyl groups excluding tert-OH is 1. The van der Waals surface area contributed by atoms with Crippen molar-refractivity contribution in [1.82, 2.24) is 9.55 Å². The lowest BCUT2D eigenvalue weighted by Gasteiger charge is -1.92. The Labute approximate surface area is 65.6 Å². The van der Waals surface area contributed by atoms with Crippen LogP contribution in [0.2, 0.25) is 0 Å². The van der Waals surface area contributed by atoms with E-state index in [1.807, 2.05) is 0 Å². The van der Waals surface area contributed by atoms with Crippen molar-refractivity contribution >= 4 is 17.0 Å². The normalized spacial score (nSPS) is 20.6. The summed E-state index contributed by atoms with van der Waals surface area (Å²) < 4.78 is 12.8. The van der Waals surface area contributed by atoms with Gasteiger partial charge in [-0.2, -0.15) is 0 Å². The quantitative estimate of drug-likeness (QED) is 0.641. The number of imidazole rings is 1. The first-order valence-electron chi connectivity index (χ1n) is 3.08. The van der Waals surface area contributed by atoms with E-state index in [2.05, 4.69) is 4.98 Å². The fraction of sp³-hybridized carbons (Fsp3) is 0.167. The Kier molecular flexibility index (Phi) is 1.40. The largest absolute Gasteiger partial charge is 0.390 e. The number of fused-ring (bicyclic) bond motifs is 1. The molecular formula is C6H6N2O2S. The van der Waals surface area contributed by atoms with Crippen LogP contribution in [-0.4, -0.2) is 18.9 Å². The lowest BCUT2D eigenvalue weighted by atomic mass is 10.5. The molecule has 0 spiro atoms. The molecule has 0 saturated carbocycles. The number of nitrogens with zero attached hydrogens (tertiary/aromatic N) is 2. The van der Waals surface area contributed by atoms with E-state index in [0.717, 1.165) is 0 Å². The smallest absolute Gasteiger partial charge is 0.140 e. The van der Waals surface area contributed by atoms with Crippen LogP contribution in [0.15, 0.2) is 16.8 Å². The average molecular weight is 170 g/mol. The SMILES string of the molecule is O=S1C=Cn2cnc(CO)c21. The molecule has 0 fully saturated rings. The van der Waals surface area contributed by atoms with Gasteiger partial charge in [0.2, 0.25) is 0 Å². The van der Waals surface area contributed by atoms with Crippen molar-refractivity contribution in [2.75, 3.05) is 0 Å². The zero-order chi connectivity index (χ0) is 7.84. The second kappa shape index (κ2) is 2.28. The van der Waals surface area contributed by atoms with Gasteiger partial charge >= 0.3 is 0 Å². The molecule has 5 heteroatoms. The van der Waals surface area contributed by atoms with Crippen molar-refractivity contribution in [1.29, 1.82) is 0 Å². The van der Waals surface area contributed by atoms with Crippen molar-refractivity contribution in [3.63, 3.8) is 0 Å². The number of aliphatic hydroxyl groups is 1. The van der Waals surface area contributed by atoms with Crippen molar-refractivity contribution in [3.05, 3.63) is 17.4 Å². The highest BCUT2D eigenvalue weighted by atomic mass is 32.2. The molecule has 1 N–H and O–H groups in total. The monoisotopic (exact) mass is 170 g/mol. The standard InChI is InChI=1S/C6H6N2O2S/c9-3-5-6-8(4-7-5)1-2-11(6)10/h1-2,4,9H,3H2. The molecule has 0 amide bonds. The fourth-order valence-corrected chi connectivity index (χ4v) is 2.04. The van der Waals surface area contributed by atoms with E-state index in [0.29, 0.717) is 10.7 Å². The van der Waals surface area contributed by atoms with Crippen LogP contribution in [0.1, 0.15) is 5.69 Å². The third kappa shape index (κ3) is 0.849. The topological polar surface area (TPSA) is 55.1 Å². The molecule has 1 aromatic rings. The Balaban J connectivity index is 2.61. The van der Waals surface area contributed by atoms with Crippen LogP contribution in [-0.2, 0) is 17.4 Å². The van der Waals surface area contributed by atoms with Crippen molar-refractivity contribution in [2.24, 2.45) is 0 Å². The summed E-state index contributed by atoms with van der Waals surface area (Å²) in [5.41, 5.74) is 0.494. The highest BCUT2D eigenvalue weighted by Gasteiger charge is 2.17. The molecular weight excluding hydrogens is 164 g/mol. The predicted molar refractivity (Wildman–Crippen MR) is 39.9 cm³/mol. The van der Waals surface area contributed by atoms with Crippen molar-refractivity contribution in [2.45, 2.75) is 11.6 Å². The Morgan fingerprint density at radius 3 is 3.27 bits per heavy atom. The molecule has 0 aliphatic carbocycles. The van der Waals surface area contributed by atoms with Gasteiger partial charge in [-0.1, -0.05) is 0 Å². The molecule has 1 aliphatic rings. The summed E-state index contributed by atoms with van der Waals surface area (Å²) in [4.78, 5) is 3.88. The highest BCUT2D eigenvalue weighted by molar-refractivity contribution is 7.88. The maximum Gasteiger partial charge on any atom is 0.140 e. The third-order valence-electron chi connectivity index (χ3n) is 1.50. The molecule has 0 bridgehead atoms. The van der Waals surface area contributed by atoms with Crippen LogP contribution >= 0.6 is 0 Å². The molecule has 11 heavy (non-hydrogen) atoms. The lowest BCUT2D eigenvalue weighted by Crippen LogP contribution is -1.93. The van der Waals surface area contributed by atoms with Gasteiger partial charge < -0.3 is 5.11 Å². The highest BCUT2D eigenvalue weighted by Crippen LogP contribution is 2.19. The Bertz CT molecular complexity index is 342. The van der Waals surface area contributed by atoms with Gasteiger partial charge in [0.05, 0.1) is 17.4 Å². The van der Waals surface area contributed by atoms with E-state index < -0.39 is 10.8 Å². The van der Waals surface area contributed by atoms with Crippen LogP contribution in [0.4, 0.5) is 0 Å². The van der Waals surface area contributed by atoms with Crippen LogP contribution in [0.5, 0.6) is 0 Å². The van der Waals surface area contributed by atoms with Crippen LogP contribution in [0, 0.1) is 0 Å². The molecule has 1 aromatic heterocycles. The first-order chi connectivity index (χ1) is 5.33. The average Bonchev–Trinajstić information content (AvgIpc) is 2.54. The van der Waals surface area contributed by atoms with Gasteiger partial charge in [-0.05, 0) is 0 Å². The van der Waals surface area contributed by atoms with Gasteiger partial charge in [0.1, 0.15) is 17.0 Å². The van der Waals surface area contributed by atoms with Crippen LogP contribution < -0.4 is 0 Å². The maximum absolute atomic E-state index is 11.2. The molecule has 1 atom stereocenters. The maximum atomic E-state index is 11.2. The van der Waals surface area contributed by atoms with Gasteiger partial charge in [-0.25, -0.2) is 9.19 Å². The van der Waals surface area contributed by atoms with Gasteiger partial charge in [-0.15, -0.1) is 0 Å². The number of hydrogen-bond acceptors (Lipinski definition) is 3. The summed E-state index contributed by atoms with van der Waals surface area (Å²) in [7, 11) is -1.12. The Hall–Kier alpha value is -0.940. The molecule has 0 radical (unpaired) electrons. The summed E-state index contributed by atoms with van der Waals surface area (Å²) in [5.74, 6) is 0. The second-order valence-electron chi connectivity index (χ2n) is 2.14.